The van der Waals surface area contributed by atoms with E-state index in [1.165, 1.54) is 0 Å². The molecule has 2 aliphatic rings. The lowest BCUT2D eigenvalue weighted by Gasteiger charge is -2.14. The molecule has 0 aromatic carbocycles. The van der Waals surface area contributed by atoms with Gasteiger partial charge in [0.15, 0.2) is 0 Å². The van der Waals surface area contributed by atoms with E-state index in [9.17, 15) is 0 Å². The van der Waals surface area contributed by atoms with Crippen LogP contribution >= 0.6 is 0 Å². The molecule has 1 fully saturated rings. The second-order valence-corrected chi connectivity index (χ2v) is 4.08. The molecule has 0 aliphatic heterocycles. The topological polar surface area (TPSA) is 0 Å². The third-order valence-electron chi connectivity index (χ3n) is 3.70. The summed E-state index contributed by atoms with van der Waals surface area (Å²) < 4.78 is 0. The summed E-state index contributed by atoms with van der Waals surface area (Å²) in [4.78, 5) is 0. The zero-order chi connectivity index (χ0) is 8.01. The number of fused-ring (bicyclic) bond motifs is 1. The molecule has 0 radical (unpaired) electrons. The van der Waals surface area contributed by atoms with Gasteiger partial charge in [-0.1, -0.05) is 44.6 Å². The Morgan fingerprint density at radius 1 is 1.09 bits per heavy atom. The molecule has 0 aromatic rings. The van der Waals surface area contributed by atoms with Crippen molar-refractivity contribution in [3.8, 4) is 0 Å². The second kappa shape index (κ2) is 2.23. The van der Waals surface area contributed by atoms with E-state index in [-0.39, 0.29) is 0 Å². The SMILES string of the molecule is CC1C2=CC=CC2C(C)C1C. The largest absolute Gasteiger partial charge is 0.0770 e. The minimum Gasteiger partial charge on any atom is -0.0770 e. The van der Waals surface area contributed by atoms with E-state index < -0.39 is 0 Å². The van der Waals surface area contributed by atoms with Crippen LogP contribution in [0.15, 0.2) is 23.8 Å². The van der Waals surface area contributed by atoms with Crippen molar-refractivity contribution >= 4 is 0 Å². The van der Waals surface area contributed by atoms with E-state index in [2.05, 4.69) is 39.0 Å². The van der Waals surface area contributed by atoms with Crippen molar-refractivity contribution in [3.05, 3.63) is 23.8 Å². The van der Waals surface area contributed by atoms with E-state index in [0.717, 1.165) is 23.7 Å². The molecule has 0 saturated heterocycles. The Labute approximate surface area is 69.0 Å². The maximum Gasteiger partial charge on any atom is 0.00142 e. The van der Waals surface area contributed by atoms with E-state index in [4.69, 9.17) is 0 Å². The van der Waals surface area contributed by atoms with E-state index in [1.807, 2.05) is 0 Å². The number of allylic oxidation sites excluding steroid dienone is 4. The van der Waals surface area contributed by atoms with Crippen LogP contribution in [0.4, 0.5) is 0 Å². The van der Waals surface area contributed by atoms with Crippen molar-refractivity contribution in [2.45, 2.75) is 20.8 Å². The van der Waals surface area contributed by atoms with Crippen molar-refractivity contribution in [3.63, 3.8) is 0 Å². The lowest BCUT2D eigenvalue weighted by atomic mass is 9.91. The molecule has 2 aliphatic carbocycles. The Balaban J connectivity index is 2.32. The number of hydrogen-bond donors (Lipinski definition) is 0. The highest BCUT2D eigenvalue weighted by atomic mass is 14.4. The van der Waals surface area contributed by atoms with Crippen LogP contribution in [0.5, 0.6) is 0 Å². The second-order valence-electron chi connectivity index (χ2n) is 4.08. The molecule has 0 bridgehead atoms. The van der Waals surface area contributed by atoms with Crippen LogP contribution in [0, 0.1) is 23.7 Å². The van der Waals surface area contributed by atoms with Crippen LogP contribution in [-0.2, 0) is 0 Å². The summed E-state index contributed by atoms with van der Waals surface area (Å²) in [7, 11) is 0. The summed E-state index contributed by atoms with van der Waals surface area (Å²) in [6.07, 6.45) is 6.90. The first-order valence-corrected chi connectivity index (χ1v) is 4.60. The molecule has 0 N–H and O–H groups in total. The highest BCUT2D eigenvalue weighted by Crippen LogP contribution is 2.47. The maximum absolute atomic E-state index is 2.38. The quantitative estimate of drug-likeness (QED) is 0.495. The predicted molar refractivity (Wildman–Crippen MR) is 48.2 cm³/mol. The maximum atomic E-state index is 2.38. The van der Waals surface area contributed by atoms with Gasteiger partial charge >= 0.3 is 0 Å². The van der Waals surface area contributed by atoms with E-state index in [0.29, 0.717) is 0 Å². The van der Waals surface area contributed by atoms with Crippen LogP contribution in [0.3, 0.4) is 0 Å². The molecule has 4 unspecified atom stereocenters. The minimum absolute atomic E-state index is 0.778. The average Bonchev–Trinajstić information content (AvgIpc) is 2.53. The van der Waals surface area contributed by atoms with Gasteiger partial charge in [-0.3, -0.25) is 0 Å². The van der Waals surface area contributed by atoms with Crippen molar-refractivity contribution in [2.24, 2.45) is 23.7 Å². The Bertz CT molecular complexity index is 222. The predicted octanol–water partition coefficient (Wildman–Crippen LogP) is 3.02. The van der Waals surface area contributed by atoms with Crippen molar-refractivity contribution in [2.75, 3.05) is 0 Å². The number of hydrogen-bond acceptors (Lipinski definition) is 0. The molecular weight excluding hydrogens is 132 g/mol. The molecular formula is C11H16. The van der Waals surface area contributed by atoms with Gasteiger partial charge in [0.05, 0.1) is 0 Å². The molecule has 60 valence electrons. The highest BCUT2D eigenvalue weighted by Gasteiger charge is 2.38. The summed E-state index contributed by atoms with van der Waals surface area (Å²) in [6, 6.07) is 0. The molecule has 0 heterocycles. The fourth-order valence-electron chi connectivity index (χ4n) is 2.53. The van der Waals surface area contributed by atoms with Gasteiger partial charge in [0.1, 0.15) is 0 Å². The average molecular weight is 148 g/mol. The van der Waals surface area contributed by atoms with Gasteiger partial charge in [-0.15, -0.1) is 0 Å². The number of rotatable bonds is 0. The van der Waals surface area contributed by atoms with E-state index >= 15 is 0 Å². The van der Waals surface area contributed by atoms with Gasteiger partial charge < -0.3 is 0 Å². The Kier molecular flexibility index (Phi) is 1.45. The molecule has 0 aromatic heterocycles. The zero-order valence-electron chi connectivity index (χ0n) is 7.54. The van der Waals surface area contributed by atoms with Crippen LogP contribution in [-0.4, -0.2) is 0 Å². The molecule has 2 rings (SSSR count). The van der Waals surface area contributed by atoms with Crippen LogP contribution < -0.4 is 0 Å². The summed E-state index contributed by atoms with van der Waals surface area (Å²) in [5.74, 6) is 3.32. The minimum atomic E-state index is 0.778. The summed E-state index contributed by atoms with van der Waals surface area (Å²) in [5.41, 5.74) is 1.67. The van der Waals surface area contributed by atoms with Crippen LogP contribution in [0.2, 0.25) is 0 Å². The van der Waals surface area contributed by atoms with Gasteiger partial charge in [-0.2, -0.15) is 0 Å². The molecule has 0 nitrogen and oxygen atoms in total. The fraction of sp³-hybridized carbons (Fsp3) is 0.636. The Morgan fingerprint density at radius 2 is 1.82 bits per heavy atom. The first-order valence-electron chi connectivity index (χ1n) is 4.60. The van der Waals surface area contributed by atoms with Gasteiger partial charge in [0, 0.05) is 5.92 Å². The van der Waals surface area contributed by atoms with Gasteiger partial charge in [-0.25, -0.2) is 0 Å². The van der Waals surface area contributed by atoms with Gasteiger partial charge in [0.25, 0.3) is 0 Å². The summed E-state index contributed by atoms with van der Waals surface area (Å²) in [6.45, 7) is 7.12. The first kappa shape index (κ1) is 7.15. The van der Waals surface area contributed by atoms with Crippen molar-refractivity contribution in [1.29, 1.82) is 0 Å². The lowest BCUT2D eigenvalue weighted by molar-refractivity contribution is 0.364. The molecule has 0 amide bonds. The zero-order valence-corrected chi connectivity index (χ0v) is 7.54. The van der Waals surface area contributed by atoms with Crippen LogP contribution in [0.25, 0.3) is 0 Å². The third kappa shape index (κ3) is 0.817. The highest BCUT2D eigenvalue weighted by molar-refractivity contribution is 5.33. The van der Waals surface area contributed by atoms with Crippen molar-refractivity contribution in [1.82, 2.24) is 0 Å². The monoisotopic (exact) mass is 148 g/mol. The first-order chi connectivity index (χ1) is 5.22. The summed E-state index contributed by atoms with van der Waals surface area (Å²) >= 11 is 0. The standard InChI is InChI=1S/C11H16/c1-7-8(2)10-5-4-6-11(10)9(7)3/h4-10H,1-3H3. The smallest absolute Gasteiger partial charge is 0.00142 e. The van der Waals surface area contributed by atoms with E-state index in [1.54, 1.807) is 5.57 Å². The molecule has 1 saturated carbocycles. The lowest BCUT2D eigenvalue weighted by Crippen LogP contribution is -2.08. The normalized spacial score (nSPS) is 47.7. The fourth-order valence-corrected chi connectivity index (χ4v) is 2.53. The van der Waals surface area contributed by atoms with Crippen molar-refractivity contribution < 1.29 is 0 Å². The van der Waals surface area contributed by atoms with Gasteiger partial charge in [0.2, 0.25) is 0 Å². The molecule has 0 heteroatoms. The summed E-state index contributed by atoms with van der Waals surface area (Å²) in [5, 5.41) is 0. The van der Waals surface area contributed by atoms with Gasteiger partial charge in [-0.05, 0) is 17.8 Å². The molecule has 11 heavy (non-hydrogen) atoms. The molecule has 0 spiro atoms. The third-order valence-corrected chi connectivity index (χ3v) is 3.70. The van der Waals surface area contributed by atoms with Crippen LogP contribution in [0.1, 0.15) is 20.8 Å². The Hall–Kier alpha value is -0.520. The Morgan fingerprint density at radius 3 is 2.45 bits per heavy atom. The molecule has 4 atom stereocenters.